The lowest BCUT2D eigenvalue weighted by molar-refractivity contribution is -0.119. The van der Waals surface area contributed by atoms with E-state index in [0.29, 0.717) is 13.1 Å². The summed E-state index contributed by atoms with van der Waals surface area (Å²) in [6, 6.07) is 13.9. The van der Waals surface area contributed by atoms with Crippen molar-refractivity contribution in [3.05, 3.63) is 77.1 Å². The van der Waals surface area contributed by atoms with Crippen LogP contribution in [0.3, 0.4) is 0 Å². The lowest BCUT2D eigenvalue weighted by Gasteiger charge is -2.10. The summed E-state index contributed by atoms with van der Waals surface area (Å²) < 4.78 is 14.7. The molecule has 3 aromatic rings. The molecule has 27 heavy (non-hydrogen) atoms. The third-order valence-corrected chi connectivity index (χ3v) is 4.08. The minimum Gasteiger partial charge on any atom is -0.376 e. The van der Waals surface area contributed by atoms with Crippen molar-refractivity contribution >= 4 is 11.6 Å². The van der Waals surface area contributed by atoms with Crippen LogP contribution in [0.2, 0.25) is 0 Å². The van der Waals surface area contributed by atoms with E-state index in [0.717, 1.165) is 28.5 Å². The maximum Gasteiger partial charge on any atom is 0.239 e. The number of aryl methyl sites for hydroxylation is 2. The second-order valence-corrected chi connectivity index (χ2v) is 6.32. The number of nitrogens with zero attached hydrogens (tertiary/aromatic N) is 3. The molecule has 0 fully saturated rings. The summed E-state index contributed by atoms with van der Waals surface area (Å²) in [6.07, 6.45) is 0. The van der Waals surface area contributed by atoms with Crippen molar-refractivity contribution in [2.75, 3.05) is 11.9 Å². The van der Waals surface area contributed by atoms with E-state index in [9.17, 15) is 9.18 Å². The lowest BCUT2D eigenvalue weighted by Crippen LogP contribution is -2.29. The van der Waals surface area contributed by atoms with E-state index in [4.69, 9.17) is 0 Å². The van der Waals surface area contributed by atoms with Crippen LogP contribution in [0.15, 0.2) is 48.5 Å². The van der Waals surface area contributed by atoms with Gasteiger partial charge in [-0.1, -0.05) is 24.3 Å². The predicted molar refractivity (Wildman–Crippen MR) is 102 cm³/mol. The van der Waals surface area contributed by atoms with Gasteiger partial charge in [-0.25, -0.2) is 14.1 Å². The normalized spacial score (nSPS) is 10.6. The average Bonchev–Trinajstić information content (AvgIpc) is 2.97. The average molecular weight is 367 g/mol. The third kappa shape index (κ3) is 5.37. The van der Waals surface area contributed by atoms with E-state index in [-0.39, 0.29) is 18.3 Å². The molecule has 2 N–H and O–H groups in total. The Hall–Kier alpha value is -3.22. The topological polar surface area (TPSA) is 71.8 Å². The van der Waals surface area contributed by atoms with Crippen LogP contribution in [0, 0.1) is 19.7 Å². The molecule has 0 spiro atoms. The number of anilines is 1. The molecule has 1 heterocycles. The molecule has 0 bridgehead atoms. The summed E-state index contributed by atoms with van der Waals surface area (Å²) >= 11 is 0. The van der Waals surface area contributed by atoms with Crippen LogP contribution in [-0.4, -0.2) is 27.2 Å². The van der Waals surface area contributed by atoms with Crippen LogP contribution in [0.25, 0.3) is 0 Å². The van der Waals surface area contributed by atoms with Gasteiger partial charge in [0.05, 0.1) is 13.1 Å². The number of halogens is 1. The molecule has 2 aromatic carbocycles. The number of amides is 1. The standard InChI is InChI=1S/C20H22FN5O/c1-14-24-15(2)26(25-14)13-17-4-3-5-19(10-17)22-12-20(27)23-11-16-6-8-18(21)9-7-16/h3-10,22H,11-13H2,1-2H3,(H,23,27). The molecular weight excluding hydrogens is 345 g/mol. The van der Waals surface area contributed by atoms with Gasteiger partial charge >= 0.3 is 0 Å². The number of hydrogen-bond donors (Lipinski definition) is 2. The van der Waals surface area contributed by atoms with Crippen molar-refractivity contribution in [3.63, 3.8) is 0 Å². The minimum atomic E-state index is -0.289. The van der Waals surface area contributed by atoms with Gasteiger partial charge in [0.15, 0.2) is 0 Å². The molecule has 0 aliphatic carbocycles. The Morgan fingerprint density at radius 2 is 1.89 bits per heavy atom. The van der Waals surface area contributed by atoms with Crippen LogP contribution >= 0.6 is 0 Å². The van der Waals surface area contributed by atoms with Gasteiger partial charge in [-0.2, -0.15) is 5.10 Å². The molecule has 140 valence electrons. The van der Waals surface area contributed by atoms with E-state index < -0.39 is 0 Å². The first-order valence-electron chi connectivity index (χ1n) is 8.71. The Bertz CT molecular complexity index is 920. The second kappa shape index (κ2) is 8.44. The van der Waals surface area contributed by atoms with Gasteiger partial charge in [-0.05, 0) is 49.2 Å². The summed E-state index contributed by atoms with van der Waals surface area (Å²) in [5.41, 5.74) is 2.78. The van der Waals surface area contributed by atoms with Gasteiger partial charge in [0.25, 0.3) is 0 Å². The molecule has 0 unspecified atom stereocenters. The Kier molecular flexibility index (Phi) is 5.80. The van der Waals surface area contributed by atoms with Crippen molar-refractivity contribution in [1.29, 1.82) is 0 Å². The Balaban J connectivity index is 1.51. The molecular formula is C20H22FN5O. The molecule has 1 amide bonds. The van der Waals surface area contributed by atoms with Crippen LogP contribution in [0.1, 0.15) is 22.8 Å². The zero-order chi connectivity index (χ0) is 19.2. The summed E-state index contributed by atoms with van der Waals surface area (Å²) in [7, 11) is 0. The monoisotopic (exact) mass is 367 g/mol. The van der Waals surface area contributed by atoms with E-state index >= 15 is 0 Å². The number of rotatable bonds is 7. The summed E-state index contributed by atoms with van der Waals surface area (Å²) in [4.78, 5) is 16.3. The largest absolute Gasteiger partial charge is 0.376 e. The van der Waals surface area contributed by atoms with Crippen molar-refractivity contribution in [3.8, 4) is 0 Å². The van der Waals surface area contributed by atoms with E-state index in [1.54, 1.807) is 12.1 Å². The fourth-order valence-electron chi connectivity index (χ4n) is 2.71. The minimum absolute atomic E-state index is 0.132. The van der Waals surface area contributed by atoms with Gasteiger partial charge in [-0.3, -0.25) is 4.79 Å². The maximum atomic E-state index is 12.9. The van der Waals surface area contributed by atoms with Gasteiger partial charge in [-0.15, -0.1) is 0 Å². The number of benzene rings is 2. The molecule has 7 heteroatoms. The van der Waals surface area contributed by atoms with Gasteiger partial charge in [0.1, 0.15) is 17.5 Å². The number of nitrogens with one attached hydrogen (secondary N) is 2. The third-order valence-electron chi connectivity index (χ3n) is 4.08. The quantitative estimate of drug-likeness (QED) is 0.674. The molecule has 0 aliphatic heterocycles. The van der Waals surface area contributed by atoms with Gasteiger partial charge < -0.3 is 10.6 Å². The summed E-state index contributed by atoms with van der Waals surface area (Å²) in [6.45, 7) is 4.94. The van der Waals surface area contributed by atoms with Gasteiger partial charge in [0, 0.05) is 12.2 Å². The highest BCUT2D eigenvalue weighted by molar-refractivity contribution is 5.80. The van der Waals surface area contributed by atoms with Crippen molar-refractivity contribution < 1.29 is 9.18 Å². The number of hydrogen-bond acceptors (Lipinski definition) is 4. The lowest BCUT2D eigenvalue weighted by atomic mass is 10.2. The second-order valence-electron chi connectivity index (χ2n) is 6.32. The fraction of sp³-hybridized carbons (Fsp3) is 0.250. The maximum absolute atomic E-state index is 12.9. The first-order valence-corrected chi connectivity index (χ1v) is 8.71. The molecule has 0 atom stereocenters. The van der Waals surface area contributed by atoms with Crippen molar-refractivity contribution in [1.82, 2.24) is 20.1 Å². The molecule has 3 rings (SSSR count). The number of carbonyl (C=O) groups excluding carboxylic acids is 1. The molecule has 6 nitrogen and oxygen atoms in total. The zero-order valence-electron chi connectivity index (χ0n) is 15.4. The highest BCUT2D eigenvalue weighted by Crippen LogP contribution is 2.12. The highest BCUT2D eigenvalue weighted by Gasteiger charge is 2.05. The summed E-state index contributed by atoms with van der Waals surface area (Å²) in [5, 5.41) is 10.3. The Morgan fingerprint density at radius 3 is 2.59 bits per heavy atom. The van der Waals surface area contributed by atoms with Gasteiger partial charge in [0.2, 0.25) is 5.91 Å². The van der Waals surface area contributed by atoms with E-state index in [1.807, 2.05) is 42.8 Å². The number of carbonyl (C=O) groups is 1. The Labute approximate surface area is 157 Å². The first kappa shape index (κ1) is 18.6. The predicted octanol–water partition coefficient (Wildman–Crippen LogP) is 2.81. The van der Waals surface area contributed by atoms with E-state index in [2.05, 4.69) is 20.7 Å². The molecule has 0 saturated heterocycles. The van der Waals surface area contributed by atoms with Crippen LogP contribution in [-0.2, 0) is 17.9 Å². The highest BCUT2D eigenvalue weighted by atomic mass is 19.1. The number of aromatic nitrogens is 3. The van der Waals surface area contributed by atoms with Crippen molar-refractivity contribution in [2.45, 2.75) is 26.9 Å². The summed E-state index contributed by atoms with van der Waals surface area (Å²) in [5.74, 6) is 1.20. The molecule has 1 aromatic heterocycles. The first-order chi connectivity index (χ1) is 13.0. The van der Waals surface area contributed by atoms with Crippen LogP contribution in [0.4, 0.5) is 10.1 Å². The molecule has 0 saturated carbocycles. The smallest absolute Gasteiger partial charge is 0.239 e. The van der Waals surface area contributed by atoms with E-state index in [1.165, 1.54) is 12.1 Å². The van der Waals surface area contributed by atoms with Crippen molar-refractivity contribution in [2.24, 2.45) is 0 Å². The zero-order valence-corrected chi connectivity index (χ0v) is 15.4. The Morgan fingerprint density at radius 1 is 1.11 bits per heavy atom. The van der Waals surface area contributed by atoms with Crippen LogP contribution < -0.4 is 10.6 Å². The molecule has 0 aliphatic rings. The SMILES string of the molecule is Cc1nc(C)n(Cc2cccc(NCC(=O)NCc3ccc(F)cc3)c2)n1. The molecule has 0 radical (unpaired) electrons. The fourth-order valence-corrected chi connectivity index (χ4v) is 2.71. The van der Waals surface area contributed by atoms with Crippen LogP contribution in [0.5, 0.6) is 0 Å².